The number of halogens is 1. The fourth-order valence-electron chi connectivity index (χ4n) is 3.35. The number of likely N-dealkylation sites (tertiary alicyclic amines) is 1. The van der Waals surface area contributed by atoms with Crippen LogP contribution in [0.1, 0.15) is 29.3 Å². The highest BCUT2D eigenvalue weighted by Gasteiger charge is 2.26. The molecule has 0 radical (unpaired) electrons. The van der Waals surface area contributed by atoms with Gasteiger partial charge in [-0.3, -0.25) is 0 Å². The number of rotatable bonds is 4. The third-order valence-corrected chi connectivity index (χ3v) is 6.51. The highest BCUT2D eigenvalue weighted by molar-refractivity contribution is 9.10. The van der Waals surface area contributed by atoms with E-state index in [1.807, 2.05) is 47.4 Å². The van der Waals surface area contributed by atoms with Gasteiger partial charge in [0.05, 0.1) is 10.7 Å². The Morgan fingerprint density at radius 3 is 2.54 bits per heavy atom. The van der Waals surface area contributed by atoms with Crippen LogP contribution in [0.15, 0.2) is 64.5 Å². The van der Waals surface area contributed by atoms with Crippen molar-refractivity contribution in [1.82, 2.24) is 9.88 Å². The molecule has 4 rings (SSSR count). The van der Waals surface area contributed by atoms with Crippen LogP contribution in [-0.2, 0) is 11.3 Å². The van der Waals surface area contributed by atoms with E-state index in [4.69, 9.17) is 9.72 Å². The van der Waals surface area contributed by atoms with Crippen LogP contribution in [0, 0.1) is 0 Å². The van der Waals surface area contributed by atoms with E-state index in [1.54, 1.807) is 11.3 Å². The van der Waals surface area contributed by atoms with Crippen molar-refractivity contribution in [1.29, 1.82) is 0 Å². The lowest BCUT2D eigenvalue weighted by molar-refractivity contribution is 0.0870. The maximum absolute atomic E-state index is 12.3. The summed E-state index contributed by atoms with van der Waals surface area (Å²) in [4.78, 5) is 19.0. The first kappa shape index (κ1) is 19.2. The first-order chi connectivity index (χ1) is 13.7. The van der Waals surface area contributed by atoms with Crippen molar-refractivity contribution < 1.29 is 9.53 Å². The Bertz CT molecular complexity index is 919. The molecule has 1 aliphatic heterocycles. The zero-order valence-electron chi connectivity index (χ0n) is 15.4. The van der Waals surface area contributed by atoms with Gasteiger partial charge in [-0.2, -0.15) is 0 Å². The number of carbonyl (C=O) groups excluding carboxylic acids is 1. The monoisotopic (exact) mass is 456 g/mol. The number of aromatic nitrogens is 1. The SMILES string of the molecule is O=C(OCc1ccccc1)N1CCC(c2nc(-c3ccc(Br)cc3)cs2)CC1. The Hall–Kier alpha value is -2.18. The maximum atomic E-state index is 12.3. The second-order valence-corrected chi connectivity index (χ2v) is 8.68. The average molecular weight is 457 g/mol. The number of ether oxygens (including phenoxy) is 1. The summed E-state index contributed by atoms with van der Waals surface area (Å²) in [5.74, 6) is 0.410. The summed E-state index contributed by atoms with van der Waals surface area (Å²) in [6.07, 6.45) is 1.62. The molecule has 0 aliphatic carbocycles. The molecule has 1 amide bonds. The summed E-state index contributed by atoms with van der Waals surface area (Å²) in [6, 6.07) is 18.0. The maximum Gasteiger partial charge on any atom is 0.410 e. The van der Waals surface area contributed by atoms with E-state index in [2.05, 4.69) is 33.4 Å². The molecule has 1 saturated heterocycles. The molecule has 28 heavy (non-hydrogen) atoms. The van der Waals surface area contributed by atoms with E-state index in [-0.39, 0.29) is 6.09 Å². The summed E-state index contributed by atoms with van der Waals surface area (Å²) in [6.45, 7) is 1.75. The first-order valence-electron chi connectivity index (χ1n) is 9.36. The molecule has 0 atom stereocenters. The minimum atomic E-state index is -0.225. The van der Waals surface area contributed by atoms with Crippen LogP contribution in [0.3, 0.4) is 0 Å². The van der Waals surface area contributed by atoms with Crippen molar-refractivity contribution in [2.75, 3.05) is 13.1 Å². The summed E-state index contributed by atoms with van der Waals surface area (Å²) < 4.78 is 6.52. The van der Waals surface area contributed by atoms with Crippen LogP contribution in [0.4, 0.5) is 4.79 Å². The lowest BCUT2D eigenvalue weighted by Crippen LogP contribution is -2.38. The van der Waals surface area contributed by atoms with Crippen molar-refractivity contribution in [3.63, 3.8) is 0 Å². The predicted molar refractivity (Wildman–Crippen MR) is 115 cm³/mol. The molecule has 0 unspecified atom stereocenters. The fourth-order valence-corrected chi connectivity index (χ4v) is 4.61. The van der Waals surface area contributed by atoms with Crippen LogP contribution in [0.25, 0.3) is 11.3 Å². The van der Waals surface area contributed by atoms with Gasteiger partial charge in [0.15, 0.2) is 0 Å². The van der Waals surface area contributed by atoms with E-state index < -0.39 is 0 Å². The molecule has 0 bridgehead atoms. The standard InChI is InChI=1S/C22H21BrN2O2S/c23-19-8-6-17(7-9-19)20-15-28-21(24-20)18-10-12-25(13-11-18)22(26)27-14-16-4-2-1-3-5-16/h1-9,15,18H,10-14H2. The van der Waals surface area contributed by atoms with E-state index in [1.165, 1.54) is 0 Å². The summed E-state index contributed by atoms with van der Waals surface area (Å²) in [5.41, 5.74) is 3.17. The fraction of sp³-hybridized carbons (Fsp3) is 0.273. The number of nitrogens with zero attached hydrogens (tertiary/aromatic N) is 2. The minimum absolute atomic E-state index is 0.225. The zero-order chi connectivity index (χ0) is 19.3. The van der Waals surface area contributed by atoms with Gasteiger partial charge in [0.25, 0.3) is 0 Å². The van der Waals surface area contributed by atoms with Crippen LogP contribution >= 0.6 is 27.3 Å². The van der Waals surface area contributed by atoms with E-state index in [9.17, 15) is 4.79 Å². The smallest absolute Gasteiger partial charge is 0.410 e. The minimum Gasteiger partial charge on any atom is -0.445 e. The van der Waals surface area contributed by atoms with Gasteiger partial charge in [-0.25, -0.2) is 9.78 Å². The molecule has 0 N–H and O–H groups in total. The number of carbonyl (C=O) groups is 1. The molecule has 4 nitrogen and oxygen atoms in total. The molecule has 2 heterocycles. The number of thiazole rings is 1. The molecular formula is C22H21BrN2O2S. The number of piperidine rings is 1. The van der Waals surface area contributed by atoms with Gasteiger partial charge in [0.1, 0.15) is 6.61 Å². The molecule has 3 aromatic rings. The number of hydrogen-bond acceptors (Lipinski definition) is 4. The highest BCUT2D eigenvalue weighted by atomic mass is 79.9. The van der Waals surface area contributed by atoms with Crippen molar-refractivity contribution in [2.45, 2.75) is 25.4 Å². The number of benzene rings is 2. The van der Waals surface area contributed by atoms with E-state index >= 15 is 0 Å². The highest BCUT2D eigenvalue weighted by Crippen LogP contribution is 2.33. The summed E-state index contributed by atoms with van der Waals surface area (Å²) in [5, 5.41) is 3.29. The molecule has 0 spiro atoms. The first-order valence-corrected chi connectivity index (χ1v) is 11.0. The van der Waals surface area contributed by atoms with E-state index in [0.717, 1.165) is 39.1 Å². The van der Waals surface area contributed by atoms with Crippen molar-refractivity contribution in [2.24, 2.45) is 0 Å². The Labute approximate surface area is 177 Å². The molecule has 144 valence electrons. The zero-order valence-corrected chi connectivity index (χ0v) is 17.8. The molecule has 6 heteroatoms. The number of amides is 1. The van der Waals surface area contributed by atoms with Gasteiger partial charge in [-0.1, -0.05) is 58.4 Å². The topological polar surface area (TPSA) is 42.4 Å². The summed E-state index contributed by atoms with van der Waals surface area (Å²) >= 11 is 5.18. The molecular weight excluding hydrogens is 436 g/mol. The quantitative estimate of drug-likeness (QED) is 0.476. The second-order valence-electron chi connectivity index (χ2n) is 6.88. The van der Waals surface area contributed by atoms with Gasteiger partial charge in [-0.05, 0) is 30.5 Å². The molecule has 1 aromatic heterocycles. The van der Waals surface area contributed by atoms with Crippen LogP contribution < -0.4 is 0 Å². The predicted octanol–water partition coefficient (Wildman–Crippen LogP) is 6.09. The molecule has 0 saturated carbocycles. The Kier molecular flexibility index (Phi) is 6.07. The van der Waals surface area contributed by atoms with Gasteiger partial charge < -0.3 is 9.64 Å². The van der Waals surface area contributed by atoms with Crippen LogP contribution in [0.5, 0.6) is 0 Å². The lowest BCUT2D eigenvalue weighted by atomic mass is 9.98. The van der Waals surface area contributed by atoms with Gasteiger partial charge in [0, 0.05) is 34.4 Å². The van der Waals surface area contributed by atoms with E-state index in [0.29, 0.717) is 25.6 Å². The van der Waals surface area contributed by atoms with Crippen molar-refractivity contribution >= 4 is 33.4 Å². The van der Waals surface area contributed by atoms with Crippen LogP contribution in [-0.4, -0.2) is 29.1 Å². The molecule has 2 aromatic carbocycles. The Morgan fingerprint density at radius 2 is 1.82 bits per heavy atom. The van der Waals surface area contributed by atoms with Crippen LogP contribution in [0.2, 0.25) is 0 Å². The second kappa shape index (κ2) is 8.88. The van der Waals surface area contributed by atoms with Gasteiger partial charge in [-0.15, -0.1) is 11.3 Å². The van der Waals surface area contributed by atoms with Gasteiger partial charge in [0.2, 0.25) is 0 Å². The Balaban J connectivity index is 1.30. The van der Waals surface area contributed by atoms with Gasteiger partial charge >= 0.3 is 6.09 Å². The normalized spacial score (nSPS) is 14.8. The summed E-state index contributed by atoms with van der Waals surface area (Å²) in [7, 11) is 0. The third kappa shape index (κ3) is 4.62. The largest absolute Gasteiger partial charge is 0.445 e. The Morgan fingerprint density at radius 1 is 1.11 bits per heavy atom. The third-order valence-electron chi connectivity index (χ3n) is 4.97. The van der Waals surface area contributed by atoms with Crippen molar-refractivity contribution in [3.8, 4) is 11.3 Å². The average Bonchev–Trinajstić information content (AvgIpc) is 3.24. The molecule has 1 aliphatic rings. The number of hydrogen-bond donors (Lipinski definition) is 0. The van der Waals surface area contributed by atoms with Crippen molar-refractivity contribution in [3.05, 3.63) is 75.0 Å². The lowest BCUT2D eigenvalue weighted by Gasteiger charge is -2.30. The molecule has 1 fully saturated rings.